The van der Waals surface area contributed by atoms with Gasteiger partial charge in [0.25, 0.3) is 5.91 Å². The molecule has 27 heavy (non-hydrogen) atoms. The molecular weight excluding hydrogens is 358 g/mol. The van der Waals surface area contributed by atoms with Gasteiger partial charge in [-0.25, -0.2) is 4.98 Å². The molecule has 136 valence electrons. The number of hydrogen-bond acceptors (Lipinski definition) is 5. The van der Waals surface area contributed by atoms with E-state index in [0.29, 0.717) is 17.4 Å². The van der Waals surface area contributed by atoms with Crippen molar-refractivity contribution < 1.29 is 4.79 Å². The van der Waals surface area contributed by atoms with Crippen LogP contribution in [-0.2, 0) is 13.6 Å². The minimum absolute atomic E-state index is 0.168. The van der Waals surface area contributed by atoms with Crippen molar-refractivity contribution in [2.45, 2.75) is 20.4 Å². The summed E-state index contributed by atoms with van der Waals surface area (Å²) in [5.41, 5.74) is 4.34. The Labute approximate surface area is 161 Å². The van der Waals surface area contributed by atoms with E-state index >= 15 is 0 Å². The Morgan fingerprint density at radius 2 is 2.07 bits per heavy atom. The molecule has 4 rings (SSSR count). The summed E-state index contributed by atoms with van der Waals surface area (Å²) in [6, 6.07) is 11.7. The maximum absolute atomic E-state index is 13.3. The van der Waals surface area contributed by atoms with Crippen molar-refractivity contribution >= 4 is 32.6 Å². The summed E-state index contributed by atoms with van der Waals surface area (Å²) in [4.78, 5) is 23.8. The van der Waals surface area contributed by atoms with Gasteiger partial charge in [0.15, 0.2) is 10.8 Å². The summed E-state index contributed by atoms with van der Waals surface area (Å²) in [5.74, 6) is -0.168. The van der Waals surface area contributed by atoms with Gasteiger partial charge < -0.3 is 0 Å². The van der Waals surface area contributed by atoms with Crippen LogP contribution in [0.15, 0.2) is 48.8 Å². The second-order valence-electron chi connectivity index (χ2n) is 6.51. The molecular formula is C20H19N5OS. The third kappa shape index (κ3) is 3.46. The van der Waals surface area contributed by atoms with Gasteiger partial charge in [-0.2, -0.15) is 5.10 Å². The fourth-order valence-corrected chi connectivity index (χ4v) is 3.90. The van der Waals surface area contributed by atoms with Gasteiger partial charge >= 0.3 is 0 Å². The van der Waals surface area contributed by atoms with Crippen LogP contribution >= 0.6 is 11.3 Å². The van der Waals surface area contributed by atoms with Gasteiger partial charge in [-0.05, 0) is 49.2 Å². The molecule has 1 aromatic carbocycles. The SMILES string of the molecule is Cc1ccc2nc(N(Cc3cccnc3)C(=O)c3cc(C)n(C)n3)sc2c1. The quantitative estimate of drug-likeness (QED) is 0.541. The maximum Gasteiger partial charge on any atom is 0.280 e. The van der Waals surface area contributed by atoms with Crippen molar-refractivity contribution in [2.24, 2.45) is 7.05 Å². The lowest BCUT2D eigenvalue weighted by Crippen LogP contribution is -2.30. The zero-order chi connectivity index (χ0) is 19.0. The van der Waals surface area contributed by atoms with Gasteiger partial charge in [-0.3, -0.25) is 19.4 Å². The number of benzene rings is 1. The number of nitrogens with zero attached hydrogens (tertiary/aromatic N) is 5. The number of aryl methyl sites for hydroxylation is 3. The highest BCUT2D eigenvalue weighted by molar-refractivity contribution is 7.22. The van der Waals surface area contributed by atoms with Crippen LogP contribution in [0.3, 0.4) is 0 Å². The molecule has 0 spiro atoms. The van der Waals surface area contributed by atoms with Gasteiger partial charge in [0.1, 0.15) is 0 Å². The highest BCUT2D eigenvalue weighted by atomic mass is 32.1. The predicted octanol–water partition coefficient (Wildman–Crippen LogP) is 3.89. The van der Waals surface area contributed by atoms with Crippen LogP contribution in [0, 0.1) is 13.8 Å². The highest BCUT2D eigenvalue weighted by Crippen LogP contribution is 2.31. The minimum Gasteiger partial charge on any atom is -0.278 e. The van der Waals surface area contributed by atoms with E-state index < -0.39 is 0 Å². The van der Waals surface area contributed by atoms with E-state index in [-0.39, 0.29) is 5.91 Å². The van der Waals surface area contributed by atoms with Gasteiger partial charge in [0.2, 0.25) is 0 Å². The van der Waals surface area contributed by atoms with Crippen LogP contribution in [0.4, 0.5) is 5.13 Å². The van der Waals surface area contributed by atoms with E-state index in [1.54, 1.807) is 28.0 Å². The average molecular weight is 377 g/mol. The van der Waals surface area contributed by atoms with E-state index in [0.717, 1.165) is 21.5 Å². The van der Waals surface area contributed by atoms with Crippen molar-refractivity contribution in [1.82, 2.24) is 19.7 Å². The number of thiazole rings is 1. The summed E-state index contributed by atoms with van der Waals surface area (Å²) in [5, 5.41) is 5.01. The zero-order valence-corrected chi connectivity index (χ0v) is 16.2. The van der Waals surface area contributed by atoms with Crippen LogP contribution in [0.5, 0.6) is 0 Å². The van der Waals surface area contributed by atoms with Crippen molar-refractivity contribution in [3.63, 3.8) is 0 Å². The van der Waals surface area contributed by atoms with E-state index in [4.69, 9.17) is 4.98 Å². The maximum atomic E-state index is 13.3. The molecule has 0 bridgehead atoms. The summed E-state index contributed by atoms with van der Waals surface area (Å²) in [6.07, 6.45) is 3.49. The molecule has 4 aromatic rings. The van der Waals surface area contributed by atoms with Gasteiger partial charge in [-0.15, -0.1) is 0 Å². The first-order chi connectivity index (χ1) is 13.0. The number of carbonyl (C=O) groups excluding carboxylic acids is 1. The van der Waals surface area contributed by atoms with Crippen LogP contribution in [0.2, 0.25) is 0 Å². The summed E-state index contributed by atoms with van der Waals surface area (Å²) in [7, 11) is 1.83. The molecule has 1 amide bonds. The molecule has 7 heteroatoms. The lowest BCUT2D eigenvalue weighted by Gasteiger charge is -2.18. The Bertz CT molecular complexity index is 1100. The number of rotatable bonds is 4. The largest absolute Gasteiger partial charge is 0.280 e. The molecule has 0 radical (unpaired) electrons. The molecule has 0 saturated carbocycles. The van der Waals surface area contributed by atoms with Gasteiger partial charge in [-0.1, -0.05) is 23.5 Å². The fourth-order valence-electron chi connectivity index (χ4n) is 2.84. The molecule has 0 aliphatic rings. The number of amides is 1. The number of carbonyl (C=O) groups is 1. The van der Waals surface area contributed by atoms with Crippen LogP contribution in [0.25, 0.3) is 10.2 Å². The summed E-state index contributed by atoms with van der Waals surface area (Å²) < 4.78 is 2.77. The Balaban J connectivity index is 1.77. The predicted molar refractivity (Wildman–Crippen MR) is 107 cm³/mol. The number of anilines is 1. The van der Waals surface area contributed by atoms with Crippen molar-refractivity contribution in [2.75, 3.05) is 4.90 Å². The van der Waals surface area contributed by atoms with E-state index in [1.807, 2.05) is 45.2 Å². The molecule has 3 heterocycles. The van der Waals surface area contributed by atoms with Crippen LogP contribution in [0.1, 0.15) is 27.3 Å². The molecule has 0 saturated heterocycles. The van der Waals surface area contributed by atoms with E-state index in [2.05, 4.69) is 16.1 Å². The molecule has 0 unspecified atom stereocenters. The second-order valence-corrected chi connectivity index (χ2v) is 7.52. The summed E-state index contributed by atoms with van der Waals surface area (Å²) >= 11 is 1.51. The molecule has 0 aliphatic heterocycles. The topological polar surface area (TPSA) is 63.9 Å². The van der Waals surface area contributed by atoms with Crippen LogP contribution < -0.4 is 4.90 Å². The third-order valence-electron chi connectivity index (χ3n) is 4.41. The zero-order valence-electron chi connectivity index (χ0n) is 15.4. The van der Waals surface area contributed by atoms with E-state index in [9.17, 15) is 4.79 Å². The normalized spacial score (nSPS) is 11.1. The number of aromatic nitrogens is 4. The standard InChI is InChI=1S/C20H19N5OS/c1-13-6-7-16-18(9-13)27-20(22-16)25(12-15-5-4-8-21-11-15)19(26)17-10-14(2)24(3)23-17/h4-11H,12H2,1-3H3. The smallest absolute Gasteiger partial charge is 0.278 e. The number of fused-ring (bicyclic) bond motifs is 1. The first kappa shape index (κ1) is 17.4. The Morgan fingerprint density at radius 1 is 1.22 bits per heavy atom. The molecule has 0 N–H and O–H groups in total. The molecule has 0 aliphatic carbocycles. The fraction of sp³-hybridized carbons (Fsp3) is 0.200. The summed E-state index contributed by atoms with van der Waals surface area (Å²) in [6.45, 7) is 4.37. The first-order valence-corrected chi connectivity index (χ1v) is 9.41. The molecule has 6 nitrogen and oxygen atoms in total. The van der Waals surface area contributed by atoms with Crippen molar-refractivity contribution in [3.8, 4) is 0 Å². The minimum atomic E-state index is -0.168. The monoisotopic (exact) mass is 377 g/mol. The third-order valence-corrected chi connectivity index (χ3v) is 5.45. The second kappa shape index (κ2) is 6.92. The Hall–Kier alpha value is -3.06. The first-order valence-electron chi connectivity index (χ1n) is 8.60. The van der Waals surface area contributed by atoms with Gasteiger partial charge in [0.05, 0.1) is 16.8 Å². The molecule has 3 aromatic heterocycles. The van der Waals surface area contributed by atoms with Crippen LogP contribution in [-0.4, -0.2) is 25.7 Å². The number of pyridine rings is 1. The Morgan fingerprint density at radius 3 is 2.78 bits per heavy atom. The van der Waals surface area contributed by atoms with E-state index in [1.165, 1.54) is 16.9 Å². The molecule has 0 atom stereocenters. The van der Waals surface area contributed by atoms with Gasteiger partial charge in [0, 0.05) is 25.1 Å². The highest BCUT2D eigenvalue weighted by Gasteiger charge is 2.24. The Kier molecular flexibility index (Phi) is 4.45. The van der Waals surface area contributed by atoms with Crippen molar-refractivity contribution in [3.05, 3.63) is 71.3 Å². The van der Waals surface area contributed by atoms with Crippen molar-refractivity contribution in [1.29, 1.82) is 0 Å². The molecule has 0 fully saturated rings. The lowest BCUT2D eigenvalue weighted by molar-refractivity contribution is 0.0979. The number of hydrogen-bond donors (Lipinski definition) is 0. The average Bonchev–Trinajstić information content (AvgIpc) is 3.23. The lowest BCUT2D eigenvalue weighted by atomic mass is 10.2.